The molecule has 24 heavy (non-hydrogen) atoms. The maximum absolute atomic E-state index is 12.9. The second-order valence-electron chi connectivity index (χ2n) is 6.71. The molecule has 0 bridgehead atoms. The summed E-state index contributed by atoms with van der Waals surface area (Å²) in [5.41, 5.74) is 0.596. The molecular weight excluding hydrogens is 326 g/mol. The van der Waals surface area contributed by atoms with Gasteiger partial charge in [0.1, 0.15) is 0 Å². The van der Waals surface area contributed by atoms with Crippen molar-refractivity contribution in [3.05, 3.63) is 22.7 Å². The van der Waals surface area contributed by atoms with Crippen molar-refractivity contribution in [1.82, 2.24) is 4.90 Å². The number of ether oxygens (including phenoxy) is 2. The van der Waals surface area contributed by atoms with E-state index in [1.807, 2.05) is 4.90 Å². The Morgan fingerprint density at radius 3 is 2.88 bits per heavy atom. The average molecular weight is 352 g/mol. The molecule has 0 N–H and O–H groups in total. The van der Waals surface area contributed by atoms with Crippen molar-refractivity contribution in [3.8, 4) is 11.5 Å². The van der Waals surface area contributed by atoms with E-state index in [-0.39, 0.29) is 5.91 Å². The lowest BCUT2D eigenvalue weighted by atomic mass is 9.96. The number of nitrogens with zero attached hydrogens (tertiary/aromatic N) is 1. The molecule has 0 spiro atoms. The number of carbonyl (C=O) groups is 1. The largest absolute Gasteiger partial charge is 0.489 e. The molecule has 2 heterocycles. The van der Waals surface area contributed by atoms with Crippen molar-refractivity contribution < 1.29 is 14.3 Å². The molecule has 1 atom stereocenters. The molecule has 1 aromatic carbocycles. The molecule has 4 nitrogen and oxygen atoms in total. The van der Waals surface area contributed by atoms with Crippen LogP contribution in [-0.4, -0.2) is 37.1 Å². The second-order valence-corrected chi connectivity index (χ2v) is 7.12. The van der Waals surface area contributed by atoms with Crippen LogP contribution in [0.3, 0.4) is 0 Å². The number of halogens is 1. The van der Waals surface area contributed by atoms with Gasteiger partial charge >= 0.3 is 0 Å². The van der Waals surface area contributed by atoms with Gasteiger partial charge in [0.2, 0.25) is 0 Å². The van der Waals surface area contributed by atoms with E-state index in [9.17, 15) is 4.79 Å². The smallest absolute Gasteiger partial charge is 0.254 e. The summed E-state index contributed by atoms with van der Waals surface area (Å²) in [5.74, 6) is 1.94. The quantitative estimate of drug-likeness (QED) is 0.802. The van der Waals surface area contributed by atoms with Crippen LogP contribution in [0.2, 0.25) is 5.02 Å². The SMILES string of the molecule is CCCC1CCCN(C(=O)c2cc(Cl)c3c(c2)OCCCO3)CC1. The minimum absolute atomic E-state index is 0.0460. The second kappa shape index (κ2) is 8.11. The van der Waals surface area contributed by atoms with Gasteiger partial charge in [0, 0.05) is 25.1 Å². The molecule has 5 heteroatoms. The van der Waals surface area contributed by atoms with E-state index in [2.05, 4.69) is 6.92 Å². The molecule has 0 saturated carbocycles. The van der Waals surface area contributed by atoms with Crippen LogP contribution in [0.5, 0.6) is 11.5 Å². The van der Waals surface area contributed by atoms with E-state index in [0.717, 1.165) is 38.3 Å². The molecule has 1 saturated heterocycles. The molecule has 0 radical (unpaired) electrons. The van der Waals surface area contributed by atoms with Crippen LogP contribution in [0.4, 0.5) is 0 Å². The summed E-state index contributed by atoms with van der Waals surface area (Å²) in [7, 11) is 0. The zero-order chi connectivity index (χ0) is 16.9. The molecule has 3 rings (SSSR count). The number of hydrogen-bond donors (Lipinski definition) is 0. The Morgan fingerprint density at radius 1 is 1.21 bits per heavy atom. The number of rotatable bonds is 3. The lowest BCUT2D eigenvalue weighted by Crippen LogP contribution is -2.32. The van der Waals surface area contributed by atoms with Gasteiger partial charge in [-0.2, -0.15) is 0 Å². The summed E-state index contributed by atoms with van der Waals surface area (Å²) in [6.45, 7) is 5.06. The van der Waals surface area contributed by atoms with Crippen molar-refractivity contribution in [1.29, 1.82) is 0 Å². The fourth-order valence-electron chi connectivity index (χ4n) is 3.60. The molecule has 1 unspecified atom stereocenters. The summed E-state index contributed by atoms with van der Waals surface area (Å²) in [5, 5.41) is 0.455. The summed E-state index contributed by atoms with van der Waals surface area (Å²) in [6, 6.07) is 3.50. The Kier molecular flexibility index (Phi) is 5.88. The Labute approximate surface area is 149 Å². The minimum atomic E-state index is 0.0460. The van der Waals surface area contributed by atoms with Crippen LogP contribution in [-0.2, 0) is 0 Å². The summed E-state index contributed by atoms with van der Waals surface area (Å²) in [4.78, 5) is 14.9. The minimum Gasteiger partial charge on any atom is -0.489 e. The molecule has 1 aromatic rings. The molecule has 1 amide bonds. The molecule has 0 aliphatic carbocycles. The van der Waals surface area contributed by atoms with E-state index in [4.69, 9.17) is 21.1 Å². The average Bonchev–Trinajstić information content (AvgIpc) is 2.95. The first kappa shape index (κ1) is 17.4. The van der Waals surface area contributed by atoms with Crippen molar-refractivity contribution in [2.45, 2.75) is 45.4 Å². The van der Waals surface area contributed by atoms with Crippen LogP contribution in [0, 0.1) is 5.92 Å². The zero-order valence-corrected chi connectivity index (χ0v) is 15.1. The van der Waals surface area contributed by atoms with Gasteiger partial charge in [-0.1, -0.05) is 31.4 Å². The lowest BCUT2D eigenvalue weighted by molar-refractivity contribution is 0.0759. The van der Waals surface area contributed by atoms with Crippen LogP contribution in [0.15, 0.2) is 12.1 Å². The maximum Gasteiger partial charge on any atom is 0.254 e. The van der Waals surface area contributed by atoms with Gasteiger partial charge in [0.05, 0.1) is 18.2 Å². The number of benzene rings is 1. The van der Waals surface area contributed by atoms with E-state index in [1.54, 1.807) is 12.1 Å². The molecule has 1 fully saturated rings. The lowest BCUT2D eigenvalue weighted by Gasteiger charge is -2.21. The van der Waals surface area contributed by atoms with Gasteiger partial charge in [-0.05, 0) is 37.3 Å². The van der Waals surface area contributed by atoms with Crippen LogP contribution in [0.25, 0.3) is 0 Å². The molecular formula is C19H26ClNO3. The fraction of sp³-hybridized carbons (Fsp3) is 0.632. The summed E-state index contributed by atoms with van der Waals surface area (Å²) in [6.07, 6.45) is 6.69. The molecule has 2 aliphatic rings. The van der Waals surface area contributed by atoms with Gasteiger partial charge in [0.15, 0.2) is 11.5 Å². The van der Waals surface area contributed by atoms with Gasteiger partial charge in [-0.25, -0.2) is 0 Å². The number of likely N-dealkylation sites (tertiary alicyclic amines) is 1. The number of fused-ring (bicyclic) bond motifs is 1. The predicted octanol–water partition coefficient (Wildman–Crippen LogP) is 4.54. The van der Waals surface area contributed by atoms with Crippen LogP contribution < -0.4 is 9.47 Å². The Morgan fingerprint density at radius 2 is 2.04 bits per heavy atom. The van der Waals surface area contributed by atoms with Gasteiger partial charge in [0.25, 0.3) is 5.91 Å². The first-order valence-corrected chi connectivity index (χ1v) is 9.45. The third-order valence-corrected chi connectivity index (χ3v) is 5.16. The van der Waals surface area contributed by atoms with Crippen LogP contribution >= 0.6 is 11.6 Å². The first-order chi connectivity index (χ1) is 11.7. The van der Waals surface area contributed by atoms with Crippen molar-refractivity contribution in [3.63, 3.8) is 0 Å². The van der Waals surface area contributed by atoms with E-state index in [1.165, 1.54) is 19.3 Å². The van der Waals surface area contributed by atoms with E-state index in [0.29, 0.717) is 35.3 Å². The number of amides is 1. The molecule has 0 aromatic heterocycles. The highest BCUT2D eigenvalue weighted by Gasteiger charge is 2.24. The van der Waals surface area contributed by atoms with Crippen molar-refractivity contribution in [2.75, 3.05) is 26.3 Å². The standard InChI is InChI=1S/C19H26ClNO3/c1-2-5-14-6-3-8-21(9-7-14)19(22)15-12-16(20)18-17(13-15)23-10-4-11-24-18/h12-14H,2-11H2,1H3. The highest BCUT2D eigenvalue weighted by Crippen LogP contribution is 2.38. The van der Waals surface area contributed by atoms with E-state index < -0.39 is 0 Å². The third-order valence-electron chi connectivity index (χ3n) is 4.88. The Hall–Kier alpha value is -1.42. The van der Waals surface area contributed by atoms with E-state index >= 15 is 0 Å². The fourth-order valence-corrected chi connectivity index (χ4v) is 3.87. The normalized spacial score (nSPS) is 21.1. The predicted molar refractivity (Wildman–Crippen MR) is 95.2 cm³/mol. The van der Waals surface area contributed by atoms with Gasteiger partial charge < -0.3 is 14.4 Å². The van der Waals surface area contributed by atoms with Crippen molar-refractivity contribution >= 4 is 17.5 Å². The maximum atomic E-state index is 12.9. The summed E-state index contributed by atoms with van der Waals surface area (Å²) >= 11 is 6.32. The van der Waals surface area contributed by atoms with Crippen molar-refractivity contribution in [2.24, 2.45) is 5.92 Å². The van der Waals surface area contributed by atoms with Gasteiger partial charge in [-0.15, -0.1) is 0 Å². The highest BCUT2D eigenvalue weighted by molar-refractivity contribution is 6.32. The third kappa shape index (κ3) is 3.97. The summed E-state index contributed by atoms with van der Waals surface area (Å²) < 4.78 is 11.3. The van der Waals surface area contributed by atoms with Crippen LogP contribution in [0.1, 0.15) is 55.8 Å². The van der Waals surface area contributed by atoms with Gasteiger partial charge in [-0.3, -0.25) is 4.79 Å². The highest BCUT2D eigenvalue weighted by atomic mass is 35.5. The number of carbonyl (C=O) groups excluding carboxylic acids is 1. The zero-order valence-electron chi connectivity index (χ0n) is 14.4. The molecule has 132 valence electrons. The molecule has 2 aliphatic heterocycles. The topological polar surface area (TPSA) is 38.8 Å². The monoisotopic (exact) mass is 351 g/mol. The number of hydrogen-bond acceptors (Lipinski definition) is 3. The Balaban J connectivity index is 1.75. The first-order valence-electron chi connectivity index (χ1n) is 9.07. The Bertz CT molecular complexity index is 590.